The monoisotopic (exact) mass is 128 g/mol. The Morgan fingerprint density at radius 1 is 1.78 bits per heavy atom. The van der Waals surface area contributed by atoms with E-state index in [1.807, 2.05) is 0 Å². The van der Waals surface area contributed by atoms with Crippen molar-refractivity contribution in [2.75, 3.05) is 6.61 Å². The van der Waals surface area contributed by atoms with E-state index in [9.17, 15) is 0 Å². The Morgan fingerprint density at radius 2 is 2.56 bits per heavy atom. The fourth-order valence-corrected chi connectivity index (χ4v) is 0.478. The molecule has 0 saturated heterocycles. The van der Waals surface area contributed by atoms with Gasteiger partial charge in [-0.05, 0) is 0 Å². The van der Waals surface area contributed by atoms with Crippen molar-refractivity contribution in [1.29, 1.82) is 0 Å². The van der Waals surface area contributed by atoms with Crippen molar-refractivity contribution < 1.29 is 5.11 Å². The molecule has 0 bridgehead atoms. The highest BCUT2D eigenvalue weighted by Crippen LogP contribution is 1.90. The number of aromatic nitrogens is 3. The van der Waals surface area contributed by atoms with Gasteiger partial charge in [0.15, 0.2) is 0 Å². The van der Waals surface area contributed by atoms with Crippen molar-refractivity contribution in [3.05, 3.63) is 12.4 Å². The maximum absolute atomic E-state index is 8.49. The van der Waals surface area contributed by atoms with E-state index in [-0.39, 0.29) is 6.61 Å². The average molecular weight is 128 g/mol. The lowest BCUT2D eigenvalue weighted by Gasteiger charge is -2.04. The van der Waals surface area contributed by atoms with Crippen molar-refractivity contribution in [2.45, 2.75) is 6.17 Å². The zero-order valence-electron chi connectivity index (χ0n) is 4.81. The summed E-state index contributed by atoms with van der Waals surface area (Å²) in [4.78, 5) is 0. The Hall–Kier alpha value is -0.940. The van der Waals surface area contributed by atoms with Crippen LogP contribution in [0.5, 0.6) is 0 Å². The van der Waals surface area contributed by atoms with Gasteiger partial charge < -0.3 is 10.8 Å². The van der Waals surface area contributed by atoms with Gasteiger partial charge in [-0.15, -0.1) is 5.10 Å². The van der Waals surface area contributed by atoms with Crippen LogP contribution in [-0.4, -0.2) is 26.7 Å². The number of nitrogens with zero attached hydrogens (tertiary/aromatic N) is 3. The molecule has 0 spiro atoms. The van der Waals surface area contributed by atoms with Gasteiger partial charge in [0, 0.05) is 6.20 Å². The minimum atomic E-state index is -0.465. The maximum atomic E-state index is 8.49. The number of hydrogen-bond acceptors (Lipinski definition) is 4. The van der Waals surface area contributed by atoms with Crippen LogP contribution in [-0.2, 0) is 0 Å². The Labute approximate surface area is 52.1 Å². The molecule has 1 heterocycles. The molecule has 0 fully saturated rings. The molecule has 1 aromatic heterocycles. The van der Waals surface area contributed by atoms with Gasteiger partial charge in [-0.25, -0.2) is 4.68 Å². The Balaban J connectivity index is 2.65. The Kier molecular flexibility index (Phi) is 1.76. The first-order valence-corrected chi connectivity index (χ1v) is 2.57. The first-order valence-electron chi connectivity index (χ1n) is 2.57. The van der Waals surface area contributed by atoms with E-state index >= 15 is 0 Å². The lowest BCUT2D eigenvalue weighted by Crippen LogP contribution is -2.22. The van der Waals surface area contributed by atoms with Crippen molar-refractivity contribution in [1.82, 2.24) is 15.0 Å². The van der Waals surface area contributed by atoms with Crippen LogP contribution in [0.15, 0.2) is 12.4 Å². The summed E-state index contributed by atoms with van der Waals surface area (Å²) in [5.74, 6) is 0. The topological polar surface area (TPSA) is 77.0 Å². The summed E-state index contributed by atoms with van der Waals surface area (Å²) in [5.41, 5.74) is 5.35. The smallest absolute Gasteiger partial charge is 0.124 e. The van der Waals surface area contributed by atoms with Gasteiger partial charge in [0.25, 0.3) is 0 Å². The summed E-state index contributed by atoms with van der Waals surface area (Å²) in [5, 5.41) is 15.6. The third kappa shape index (κ3) is 1.24. The Bertz CT molecular complexity index is 161. The normalized spacial score (nSPS) is 13.6. The van der Waals surface area contributed by atoms with Gasteiger partial charge >= 0.3 is 0 Å². The van der Waals surface area contributed by atoms with E-state index in [1.165, 1.54) is 10.9 Å². The van der Waals surface area contributed by atoms with E-state index in [0.717, 1.165) is 0 Å². The highest BCUT2D eigenvalue weighted by atomic mass is 16.3. The molecular weight excluding hydrogens is 120 g/mol. The molecule has 50 valence electrons. The summed E-state index contributed by atoms with van der Waals surface area (Å²) in [6.07, 6.45) is 2.64. The summed E-state index contributed by atoms with van der Waals surface area (Å²) >= 11 is 0. The van der Waals surface area contributed by atoms with E-state index in [0.29, 0.717) is 0 Å². The minimum Gasteiger partial charge on any atom is -0.393 e. The lowest BCUT2D eigenvalue weighted by atomic mass is 10.6. The molecule has 1 unspecified atom stereocenters. The summed E-state index contributed by atoms with van der Waals surface area (Å²) < 4.78 is 1.39. The van der Waals surface area contributed by atoms with Crippen LogP contribution in [0.1, 0.15) is 6.17 Å². The van der Waals surface area contributed by atoms with Crippen LogP contribution in [0.25, 0.3) is 0 Å². The molecule has 0 aliphatic rings. The molecule has 0 radical (unpaired) electrons. The molecule has 1 rings (SSSR count). The van der Waals surface area contributed by atoms with E-state index in [2.05, 4.69) is 10.3 Å². The largest absolute Gasteiger partial charge is 0.393 e. The second-order valence-corrected chi connectivity index (χ2v) is 1.63. The van der Waals surface area contributed by atoms with Crippen molar-refractivity contribution >= 4 is 0 Å². The van der Waals surface area contributed by atoms with Gasteiger partial charge in [0.05, 0.1) is 12.8 Å². The number of aliphatic hydroxyl groups is 1. The number of nitrogens with two attached hydrogens (primary N) is 1. The average Bonchev–Trinajstić information content (AvgIpc) is 2.37. The van der Waals surface area contributed by atoms with Crippen LogP contribution >= 0.6 is 0 Å². The zero-order valence-corrected chi connectivity index (χ0v) is 4.81. The molecule has 0 aromatic carbocycles. The minimum absolute atomic E-state index is 0.122. The van der Waals surface area contributed by atoms with Gasteiger partial charge in [0.1, 0.15) is 6.17 Å². The second-order valence-electron chi connectivity index (χ2n) is 1.63. The zero-order chi connectivity index (χ0) is 6.69. The van der Waals surface area contributed by atoms with Crippen LogP contribution in [0, 0.1) is 0 Å². The fourth-order valence-electron chi connectivity index (χ4n) is 0.478. The molecule has 1 aromatic rings. The summed E-state index contributed by atoms with van der Waals surface area (Å²) in [6.45, 7) is -0.122. The van der Waals surface area contributed by atoms with Crippen LogP contribution in [0.2, 0.25) is 0 Å². The summed E-state index contributed by atoms with van der Waals surface area (Å²) in [6, 6.07) is 0. The third-order valence-electron chi connectivity index (χ3n) is 0.968. The molecule has 0 aliphatic carbocycles. The number of hydrogen-bond donors (Lipinski definition) is 2. The standard InChI is InChI=1S/C4H8N4O/c5-4(3-9)8-2-1-6-7-8/h1-2,4,9H,3,5H2. The van der Waals surface area contributed by atoms with Gasteiger partial charge in [-0.1, -0.05) is 5.21 Å². The highest BCUT2D eigenvalue weighted by molar-refractivity contribution is 4.67. The molecule has 9 heavy (non-hydrogen) atoms. The molecule has 0 saturated carbocycles. The van der Waals surface area contributed by atoms with E-state index in [4.69, 9.17) is 10.8 Å². The van der Waals surface area contributed by atoms with Crippen LogP contribution in [0.3, 0.4) is 0 Å². The second kappa shape index (κ2) is 2.56. The molecule has 0 amide bonds. The molecular formula is C4H8N4O. The SMILES string of the molecule is NC(CO)n1ccnn1. The van der Waals surface area contributed by atoms with Crippen LogP contribution in [0.4, 0.5) is 0 Å². The molecule has 3 N–H and O–H groups in total. The van der Waals surface area contributed by atoms with Crippen molar-refractivity contribution in [3.63, 3.8) is 0 Å². The first-order chi connectivity index (χ1) is 4.34. The molecule has 0 aliphatic heterocycles. The van der Waals surface area contributed by atoms with E-state index in [1.54, 1.807) is 6.20 Å². The first kappa shape index (κ1) is 6.18. The predicted molar refractivity (Wildman–Crippen MR) is 30.3 cm³/mol. The van der Waals surface area contributed by atoms with Crippen molar-refractivity contribution in [2.24, 2.45) is 5.73 Å². The molecule has 5 nitrogen and oxygen atoms in total. The summed E-state index contributed by atoms with van der Waals surface area (Å²) in [7, 11) is 0. The molecule has 5 heteroatoms. The predicted octanol–water partition coefficient (Wildman–Crippen LogP) is -1.27. The maximum Gasteiger partial charge on any atom is 0.124 e. The number of aliphatic hydroxyl groups excluding tert-OH is 1. The van der Waals surface area contributed by atoms with Crippen molar-refractivity contribution in [3.8, 4) is 0 Å². The highest BCUT2D eigenvalue weighted by Gasteiger charge is 2.00. The Morgan fingerprint density at radius 3 is 3.00 bits per heavy atom. The van der Waals surface area contributed by atoms with E-state index < -0.39 is 6.17 Å². The van der Waals surface area contributed by atoms with Gasteiger partial charge in [0.2, 0.25) is 0 Å². The quantitative estimate of drug-likeness (QED) is 0.520. The number of rotatable bonds is 2. The fraction of sp³-hybridized carbons (Fsp3) is 0.500. The molecule has 1 atom stereocenters. The lowest BCUT2D eigenvalue weighted by molar-refractivity contribution is 0.220. The van der Waals surface area contributed by atoms with Gasteiger partial charge in [-0.3, -0.25) is 0 Å². The van der Waals surface area contributed by atoms with Gasteiger partial charge in [-0.2, -0.15) is 0 Å². The van der Waals surface area contributed by atoms with Crippen LogP contribution < -0.4 is 5.73 Å². The third-order valence-corrected chi connectivity index (χ3v) is 0.968.